The van der Waals surface area contributed by atoms with E-state index in [2.05, 4.69) is 11.8 Å². The fraction of sp³-hybridized carbons (Fsp3) is 0.176. The molecule has 0 aliphatic rings. The normalized spacial score (nSPS) is 9.70. The summed E-state index contributed by atoms with van der Waals surface area (Å²) in [5.74, 6) is 5.69. The minimum Gasteiger partial charge on any atom is -0.486 e. The largest absolute Gasteiger partial charge is 0.486 e. The molecule has 0 aliphatic heterocycles. The number of benzene rings is 2. The first-order valence-corrected chi connectivity index (χ1v) is 6.35. The van der Waals surface area contributed by atoms with E-state index in [9.17, 15) is 4.39 Å². The molecule has 0 amide bonds. The van der Waals surface area contributed by atoms with Crippen LogP contribution in [0, 0.1) is 17.7 Å². The molecule has 2 aromatic carbocycles. The van der Waals surface area contributed by atoms with Gasteiger partial charge in [0, 0.05) is 12.0 Å². The molecular weight excluding hydrogens is 255 g/mol. The van der Waals surface area contributed by atoms with E-state index in [0.29, 0.717) is 6.42 Å². The lowest BCUT2D eigenvalue weighted by Gasteiger charge is -2.07. The summed E-state index contributed by atoms with van der Waals surface area (Å²) in [5, 5.41) is 8.68. The van der Waals surface area contributed by atoms with Crippen LogP contribution in [0.5, 0.6) is 5.75 Å². The van der Waals surface area contributed by atoms with Gasteiger partial charge in [0.2, 0.25) is 0 Å². The van der Waals surface area contributed by atoms with E-state index in [1.807, 2.05) is 24.3 Å². The van der Waals surface area contributed by atoms with Gasteiger partial charge in [-0.1, -0.05) is 36.1 Å². The highest BCUT2D eigenvalue weighted by atomic mass is 19.1. The Morgan fingerprint density at radius 1 is 1.10 bits per heavy atom. The molecule has 0 spiro atoms. The Hall–Kier alpha value is -2.31. The summed E-state index contributed by atoms with van der Waals surface area (Å²) in [5.41, 5.74) is 1.78. The van der Waals surface area contributed by atoms with E-state index in [-0.39, 0.29) is 24.8 Å². The summed E-state index contributed by atoms with van der Waals surface area (Å²) < 4.78 is 18.8. The molecule has 0 unspecified atom stereocenters. The monoisotopic (exact) mass is 270 g/mol. The predicted octanol–water partition coefficient (Wildman–Crippen LogP) is 3.14. The highest BCUT2D eigenvalue weighted by molar-refractivity contribution is 5.37. The van der Waals surface area contributed by atoms with Gasteiger partial charge < -0.3 is 9.84 Å². The number of halogens is 1. The number of aliphatic hydroxyl groups is 1. The van der Waals surface area contributed by atoms with Crippen molar-refractivity contribution >= 4 is 0 Å². The van der Waals surface area contributed by atoms with Gasteiger partial charge in [0.05, 0.1) is 6.61 Å². The predicted molar refractivity (Wildman–Crippen MR) is 75.8 cm³/mol. The molecule has 0 heterocycles. The van der Waals surface area contributed by atoms with Crippen molar-refractivity contribution in [1.82, 2.24) is 0 Å². The summed E-state index contributed by atoms with van der Waals surface area (Å²) in [7, 11) is 0. The molecule has 3 heteroatoms. The number of rotatable bonds is 4. The van der Waals surface area contributed by atoms with Gasteiger partial charge in [-0.2, -0.15) is 0 Å². The third kappa shape index (κ3) is 4.11. The second-order valence-corrected chi connectivity index (χ2v) is 4.19. The molecule has 0 saturated heterocycles. The van der Waals surface area contributed by atoms with Crippen LogP contribution in [0.25, 0.3) is 0 Å². The van der Waals surface area contributed by atoms with Crippen LogP contribution in [0.4, 0.5) is 4.39 Å². The molecule has 0 fully saturated rings. The summed E-state index contributed by atoms with van der Waals surface area (Å²) in [4.78, 5) is 0. The SMILES string of the molecule is OCCC#Cc1cccc(COc2ccccc2F)c1. The molecule has 0 atom stereocenters. The maximum absolute atomic E-state index is 13.4. The van der Waals surface area contributed by atoms with Gasteiger partial charge in [0.1, 0.15) is 6.61 Å². The summed E-state index contributed by atoms with van der Waals surface area (Å²) >= 11 is 0. The smallest absolute Gasteiger partial charge is 0.165 e. The summed E-state index contributed by atoms with van der Waals surface area (Å²) in [6, 6.07) is 13.9. The van der Waals surface area contributed by atoms with Crippen LogP contribution in [0.3, 0.4) is 0 Å². The van der Waals surface area contributed by atoms with E-state index in [4.69, 9.17) is 9.84 Å². The van der Waals surface area contributed by atoms with Crippen LogP contribution in [0.1, 0.15) is 17.5 Å². The number of ether oxygens (including phenoxy) is 1. The first-order valence-electron chi connectivity index (χ1n) is 6.35. The van der Waals surface area contributed by atoms with Gasteiger partial charge in [-0.15, -0.1) is 0 Å². The van der Waals surface area contributed by atoms with E-state index in [1.165, 1.54) is 6.07 Å². The molecule has 0 radical (unpaired) electrons. The first kappa shape index (κ1) is 14.1. The van der Waals surface area contributed by atoms with E-state index in [0.717, 1.165) is 11.1 Å². The summed E-state index contributed by atoms with van der Waals surface area (Å²) in [6.45, 7) is 0.347. The van der Waals surface area contributed by atoms with Crippen LogP contribution in [0.2, 0.25) is 0 Å². The van der Waals surface area contributed by atoms with Crippen molar-refractivity contribution in [2.75, 3.05) is 6.61 Å². The third-order valence-electron chi connectivity index (χ3n) is 2.63. The van der Waals surface area contributed by atoms with E-state index < -0.39 is 0 Å². The topological polar surface area (TPSA) is 29.5 Å². The van der Waals surface area contributed by atoms with Crippen LogP contribution < -0.4 is 4.74 Å². The third-order valence-corrected chi connectivity index (χ3v) is 2.63. The minimum absolute atomic E-state index is 0.0586. The van der Waals surface area contributed by atoms with E-state index >= 15 is 0 Å². The van der Waals surface area contributed by atoms with Gasteiger partial charge in [-0.3, -0.25) is 0 Å². The molecule has 0 saturated carbocycles. The Morgan fingerprint density at radius 2 is 1.95 bits per heavy atom. The molecular formula is C17H15FO2. The average Bonchev–Trinajstić information content (AvgIpc) is 2.47. The van der Waals surface area contributed by atoms with Gasteiger partial charge >= 0.3 is 0 Å². The molecule has 0 aromatic heterocycles. The lowest BCUT2D eigenvalue weighted by Crippen LogP contribution is -1.97. The van der Waals surface area contributed by atoms with Gasteiger partial charge in [0.25, 0.3) is 0 Å². The van der Waals surface area contributed by atoms with Crippen molar-refractivity contribution in [3.05, 3.63) is 65.5 Å². The van der Waals surface area contributed by atoms with Crippen molar-refractivity contribution in [1.29, 1.82) is 0 Å². The lowest BCUT2D eigenvalue weighted by molar-refractivity contribution is 0.290. The zero-order valence-electron chi connectivity index (χ0n) is 11.0. The van der Waals surface area contributed by atoms with Gasteiger partial charge in [-0.05, 0) is 29.8 Å². The fourth-order valence-corrected chi connectivity index (χ4v) is 1.68. The second kappa shape index (κ2) is 7.32. The summed E-state index contributed by atoms with van der Waals surface area (Å²) in [6.07, 6.45) is 0.454. The standard InChI is InChI=1S/C17H15FO2/c18-16-9-1-2-10-17(16)20-13-15-8-5-7-14(12-15)6-3-4-11-19/h1-2,5,7-10,12,19H,4,11,13H2. The molecule has 102 valence electrons. The Bertz CT molecular complexity index is 626. The number of hydrogen-bond donors (Lipinski definition) is 1. The Kier molecular flexibility index (Phi) is 5.16. The fourth-order valence-electron chi connectivity index (χ4n) is 1.68. The van der Waals surface area contributed by atoms with Crippen molar-refractivity contribution in [3.8, 4) is 17.6 Å². The van der Waals surface area contributed by atoms with Crippen molar-refractivity contribution in [2.45, 2.75) is 13.0 Å². The van der Waals surface area contributed by atoms with Crippen LogP contribution >= 0.6 is 0 Å². The average molecular weight is 270 g/mol. The van der Waals surface area contributed by atoms with Crippen LogP contribution in [0.15, 0.2) is 48.5 Å². The first-order chi connectivity index (χ1) is 9.79. The van der Waals surface area contributed by atoms with Gasteiger partial charge in [0.15, 0.2) is 11.6 Å². The number of para-hydroxylation sites is 1. The quantitative estimate of drug-likeness (QED) is 0.865. The number of hydrogen-bond acceptors (Lipinski definition) is 2. The number of aliphatic hydroxyl groups excluding tert-OH is 1. The molecule has 2 rings (SSSR count). The second-order valence-electron chi connectivity index (χ2n) is 4.19. The van der Waals surface area contributed by atoms with Crippen molar-refractivity contribution in [3.63, 3.8) is 0 Å². The zero-order valence-corrected chi connectivity index (χ0v) is 11.0. The van der Waals surface area contributed by atoms with Crippen molar-refractivity contribution < 1.29 is 14.2 Å². The highest BCUT2D eigenvalue weighted by Gasteiger charge is 2.02. The molecule has 2 nitrogen and oxygen atoms in total. The van der Waals surface area contributed by atoms with Crippen LogP contribution in [-0.2, 0) is 6.61 Å². The molecule has 0 aliphatic carbocycles. The maximum Gasteiger partial charge on any atom is 0.165 e. The van der Waals surface area contributed by atoms with Gasteiger partial charge in [-0.25, -0.2) is 4.39 Å². The Morgan fingerprint density at radius 3 is 2.75 bits per heavy atom. The molecule has 20 heavy (non-hydrogen) atoms. The Balaban J connectivity index is 2.02. The maximum atomic E-state index is 13.4. The van der Waals surface area contributed by atoms with Crippen LogP contribution in [-0.4, -0.2) is 11.7 Å². The lowest BCUT2D eigenvalue weighted by atomic mass is 10.1. The highest BCUT2D eigenvalue weighted by Crippen LogP contribution is 2.17. The molecule has 2 aromatic rings. The van der Waals surface area contributed by atoms with E-state index in [1.54, 1.807) is 18.2 Å². The molecule has 1 N–H and O–H groups in total. The van der Waals surface area contributed by atoms with Crippen molar-refractivity contribution in [2.24, 2.45) is 0 Å². The molecule has 0 bridgehead atoms. The Labute approximate surface area is 117 Å². The zero-order chi connectivity index (χ0) is 14.2. The minimum atomic E-state index is -0.369.